The van der Waals surface area contributed by atoms with Crippen LogP contribution in [0, 0.1) is 5.92 Å². The highest BCUT2D eigenvalue weighted by Gasteiger charge is 2.32. The summed E-state index contributed by atoms with van der Waals surface area (Å²) in [6, 6.07) is 11.9. The lowest BCUT2D eigenvalue weighted by atomic mass is 9.95. The van der Waals surface area contributed by atoms with Gasteiger partial charge in [0.05, 0.1) is 6.42 Å². The van der Waals surface area contributed by atoms with Crippen molar-refractivity contribution in [2.24, 2.45) is 5.92 Å². The van der Waals surface area contributed by atoms with E-state index < -0.39 is 0 Å². The highest BCUT2D eigenvalue weighted by atomic mass is 16.2. The Morgan fingerprint density at radius 3 is 2.54 bits per heavy atom. The van der Waals surface area contributed by atoms with Crippen LogP contribution in [0.3, 0.4) is 0 Å². The second-order valence-corrected chi connectivity index (χ2v) is 9.33. The summed E-state index contributed by atoms with van der Waals surface area (Å²) in [5, 5.41) is 13.5. The first-order valence-electron chi connectivity index (χ1n) is 12.2. The van der Waals surface area contributed by atoms with E-state index in [1.807, 2.05) is 52.4 Å². The molecule has 3 aromatic heterocycles. The van der Waals surface area contributed by atoms with Gasteiger partial charge in [-0.05, 0) is 36.6 Å². The van der Waals surface area contributed by atoms with E-state index in [9.17, 15) is 9.59 Å². The molecule has 180 valence electrons. The van der Waals surface area contributed by atoms with Crippen molar-refractivity contribution in [3.05, 3.63) is 54.5 Å². The predicted octanol–water partition coefficient (Wildman–Crippen LogP) is 1.74. The third-order valence-electron chi connectivity index (χ3n) is 7.28. The summed E-state index contributed by atoms with van der Waals surface area (Å²) in [6.07, 6.45) is 5.51. The number of piperazine rings is 1. The molecule has 0 aliphatic carbocycles. The van der Waals surface area contributed by atoms with E-state index in [1.165, 1.54) is 0 Å². The molecule has 1 aromatic carbocycles. The maximum atomic E-state index is 13.2. The van der Waals surface area contributed by atoms with Gasteiger partial charge in [-0.1, -0.05) is 18.2 Å². The van der Waals surface area contributed by atoms with Crippen LogP contribution in [0.4, 0.5) is 5.82 Å². The smallest absolute Gasteiger partial charge is 0.227 e. The number of hydrogen-bond donors (Lipinski definition) is 1. The van der Waals surface area contributed by atoms with Gasteiger partial charge in [0.1, 0.15) is 12.1 Å². The topological polar surface area (TPSA) is 103 Å². The van der Waals surface area contributed by atoms with Gasteiger partial charge in [-0.3, -0.25) is 9.59 Å². The molecule has 1 N–H and O–H groups in total. The van der Waals surface area contributed by atoms with Gasteiger partial charge < -0.3 is 19.7 Å². The third-order valence-corrected chi connectivity index (χ3v) is 7.28. The maximum absolute atomic E-state index is 13.2. The number of amides is 2. The van der Waals surface area contributed by atoms with Gasteiger partial charge in [0.25, 0.3) is 0 Å². The van der Waals surface area contributed by atoms with Crippen molar-refractivity contribution in [2.75, 3.05) is 44.2 Å². The Balaban J connectivity index is 1.00. The van der Waals surface area contributed by atoms with Gasteiger partial charge in [0.2, 0.25) is 11.8 Å². The number of benzene rings is 1. The molecule has 2 amide bonds. The lowest BCUT2D eigenvalue weighted by Gasteiger charge is -2.38. The number of carbonyl (C=O) groups is 2. The summed E-state index contributed by atoms with van der Waals surface area (Å²) in [5.41, 5.74) is 2.79. The molecule has 0 radical (unpaired) electrons. The number of nitrogens with zero attached hydrogens (tertiary/aromatic N) is 7. The van der Waals surface area contributed by atoms with Crippen molar-refractivity contribution in [1.82, 2.24) is 34.6 Å². The van der Waals surface area contributed by atoms with Gasteiger partial charge in [0.15, 0.2) is 5.65 Å². The van der Waals surface area contributed by atoms with Crippen LogP contribution < -0.4 is 4.90 Å². The summed E-state index contributed by atoms with van der Waals surface area (Å²) >= 11 is 0. The highest BCUT2D eigenvalue weighted by Crippen LogP contribution is 2.24. The third kappa shape index (κ3) is 4.20. The van der Waals surface area contributed by atoms with E-state index in [4.69, 9.17) is 0 Å². The molecule has 4 aromatic rings. The zero-order valence-electron chi connectivity index (χ0n) is 19.5. The molecule has 10 nitrogen and oxygen atoms in total. The molecule has 5 heterocycles. The minimum absolute atomic E-state index is 0.0263. The maximum Gasteiger partial charge on any atom is 0.227 e. The zero-order chi connectivity index (χ0) is 23.8. The Morgan fingerprint density at radius 1 is 0.943 bits per heavy atom. The van der Waals surface area contributed by atoms with Gasteiger partial charge in [-0.15, -0.1) is 15.3 Å². The molecule has 0 unspecified atom stereocenters. The van der Waals surface area contributed by atoms with Crippen LogP contribution in [0.15, 0.2) is 48.9 Å². The number of anilines is 1. The Labute approximate surface area is 202 Å². The minimum atomic E-state index is 0.0263. The molecule has 0 bridgehead atoms. The molecule has 6 rings (SSSR count). The SMILES string of the molecule is O=C(Cc1c[nH]c2ccccc12)N1CCN(C(=O)C2CCN(c3ccc4nncn4n3)CC2)CC1. The molecule has 10 heteroatoms. The first kappa shape index (κ1) is 21.6. The Bertz CT molecular complexity index is 1360. The summed E-state index contributed by atoms with van der Waals surface area (Å²) in [6.45, 7) is 3.97. The Hall–Kier alpha value is -3.95. The molecular formula is C25H28N8O2. The molecule has 35 heavy (non-hydrogen) atoms. The number of hydrogen-bond acceptors (Lipinski definition) is 6. The van der Waals surface area contributed by atoms with Gasteiger partial charge in [-0.25, -0.2) is 0 Å². The Kier molecular flexibility index (Phi) is 5.55. The van der Waals surface area contributed by atoms with E-state index >= 15 is 0 Å². The van der Waals surface area contributed by atoms with Crippen molar-refractivity contribution >= 4 is 34.2 Å². The fraction of sp³-hybridized carbons (Fsp3) is 0.400. The van der Waals surface area contributed by atoms with E-state index in [0.717, 1.165) is 53.9 Å². The van der Waals surface area contributed by atoms with E-state index in [1.54, 1.807) is 10.8 Å². The second-order valence-electron chi connectivity index (χ2n) is 9.33. The first-order valence-corrected chi connectivity index (χ1v) is 12.2. The van der Waals surface area contributed by atoms with Crippen molar-refractivity contribution in [2.45, 2.75) is 19.3 Å². The number of carbonyl (C=O) groups excluding carboxylic acids is 2. The fourth-order valence-electron chi connectivity index (χ4n) is 5.23. The number of para-hydroxylation sites is 1. The number of aromatic amines is 1. The number of nitrogens with one attached hydrogen (secondary N) is 1. The average molecular weight is 473 g/mol. The summed E-state index contributed by atoms with van der Waals surface area (Å²) in [4.78, 5) is 35.4. The standard InChI is InChI=1S/C25H28N8O2/c34-24(15-19-16-26-21-4-2-1-3-20(19)21)31-11-13-32(14-12-31)25(35)18-7-9-30(10-8-18)23-6-5-22-28-27-17-33(22)29-23/h1-6,16-18,26H,7-15H2. The van der Waals surface area contributed by atoms with Crippen LogP contribution >= 0.6 is 0 Å². The zero-order valence-corrected chi connectivity index (χ0v) is 19.5. The van der Waals surface area contributed by atoms with Crippen LogP contribution in [-0.4, -0.2) is 85.7 Å². The minimum Gasteiger partial charge on any atom is -0.361 e. The summed E-state index contributed by atoms with van der Waals surface area (Å²) < 4.78 is 1.67. The quantitative estimate of drug-likeness (QED) is 0.485. The number of fused-ring (bicyclic) bond motifs is 2. The molecule has 0 saturated carbocycles. The van der Waals surface area contributed by atoms with Crippen LogP contribution in [0.5, 0.6) is 0 Å². The van der Waals surface area contributed by atoms with Gasteiger partial charge in [0, 0.05) is 62.3 Å². The van der Waals surface area contributed by atoms with Crippen LogP contribution in [0.1, 0.15) is 18.4 Å². The van der Waals surface area contributed by atoms with Crippen molar-refractivity contribution in [3.63, 3.8) is 0 Å². The van der Waals surface area contributed by atoms with Crippen molar-refractivity contribution in [1.29, 1.82) is 0 Å². The first-order chi connectivity index (χ1) is 17.2. The molecule has 2 aliphatic rings. The second kappa shape index (κ2) is 9.01. The summed E-state index contributed by atoms with van der Waals surface area (Å²) in [7, 11) is 0. The van der Waals surface area contributed by atoms with Crippen LogP contribution in [0.25, 0.3) is 16.6 Å². The molecule has 2 aliphatic heterocycles. The largest absolute Gasteiger partial charge is 0.361 e. The fourth-order valence-corrected chi connectivity index (χ4v) is 5.23. The predicted molar refractivity (Wildman–Crippen MR) is 131 cm³/mol. The average Bonchev–Trinajstić information content (AvgIpc) is 3.55. The van der Waals surface area contributed by atoms with Gasteiger partial charge in [-0.2, -0.15) is 4.52 Å². The van der Waals surface area contributed by atoms with Crippen molar-refractivity contribution < 1.29 is 9.59 Å². The lowest BCUT2D eigenvalue weighted by molar-refractivity contribution is -0.142. The molecule has 0 atom stereocenters. The van der Waals surface area contributed by atoms with Crippen LogP contribution in [-0.2, 0) is 16.0 Å². The number of rotatable bonds is 4. The molecule has 2 saturated heterocycles. The number of piperidine rings is 1. The molecule has 0 spiro atoms. The highest BCUT2D eigenvalue weighted by molar-refractivity contribution is 5.89. The van der Waals surface area contributed by atoms with E-state index in [0.29, 0.717) is 32.6 Å². The van der Waals surface area contributed by atoms with Crippen LogP contribution in [0.2, 0.25) is 0 Å². The van der Waals surface area contributed by atoms with E-state index in [-0.39, 0.29) is 17.7 Å². The Morgan fingerprint density at radius 2 is 1.71 bits per heavy atom. The lowest BCUT2D eigenvalue weighted by Crippen LogP contribution is -2.53. The normalized spacial score (nSPS) is 17.4. The monoisotopic (exact) mass is 472 g/mol. The number of aromatic nitrogens is 5. The van der Waals surface area contributed by atoms with Crippen molar-refractivity contribution in [3.8, 4) is 0 Å². The van der Waals surface area contributed by atoms with Gasteiger partial charge >= 0.3 is 0 Å². The van der Waals surface area contributed by atoms with E-state index in [2.05, 4.69) is 25.2 Å². The summed E-state index contributed by atoms with van der Waals surface area (Å²) in [5.74, 6) is 1.24. The molecular weight excluding hydrogens is 444 g/mol. The molecule has 2 fully saturated rings. The number of H-pyrrole nitrogens is 1.